The Labute approximate surface area is 98.6 Å². The first-order valence-corrected chi connectivity index (χ1v) is 6.16. The Hall–Kier alpha value is -1.01. The third-order valence-corrected chi connectivity index (χ3v) is 3.14. The van der Waals surface area contributed by atoms with E-state index in [0.717, 1.165) is 38.8 Å². The van der Waals surface area contributed by atoms with Crippen molar-refractivity contribution in [2.45, 2.75) is 44.6 Å². The van der Waals surface area contributed by atoms with Crippen LogP contribution >= 0.6 is 0 Å². The number of likely N-dealkylation sites (N-methyl/N-ethyl adjacent to an activating group) is 1. The number of piperidine rings is 1. The molecule has 1 saturated heterocycles. The lowest BCUT2D eigenvalue weighted by molar-refractivity contribution is -0.132. The number of likely N-dealkylation sites (tertiary alicyclic amines) is 1. The van der Waals surface area contributed by atoms with Gasteiger partial charge in [-0.05, 0) is 32.7 Å². The zero-order chi connectivity index (χ0) is 11.8. The van der Waals surface area contributed by atoms with E-state index in [1.54, 1.807) is 0 Å². The van der Waals surface area contributed by atoms with E-state index in [4.69, 9.17) is 6.42 Å². The molecule has 1 unspecified atom stereocenters. The largest absolute Gasteiger partial charge is 0.341 e. The first-order valence-electron chi connectivity index (χ1n) is 6.16. The van der Waals surface area contributed by atoms with Gasteiger partial charge in [-0.1, -0.05) is 0 Å². The van der Waals surface area contributed by atoms with E-state index in [2.05, 4.69) is 11.2 Å². The zero-order valence-electron chi connectivity index (χ0n) is 10.2. The molecule has 1 aliphatic heterocycles. The van der Waals surface area contributed by atoms with Gasteiger partial charge in [0.1, 0.15) is 0 Å². The number of unbranched alkanes of at least 4 members (excludes halogenated alkanes) is 2. The first kappa shape index (κ1) is 13.1. The average molecular weight is 222 g/mol. The molecule has 3 heteroatoms. The van der Waals surface area contributed by atoms with E-state index < -0.39 is 0 Å². The summed E-state index contributed by atoms with van der Waals surface area (Å²) in [5.74, 6) is 2.89. The van der Waals surface area contributed by atoms with Crippen molar-refractivity contribution in [1.82, 2.24) is 10.2 Å². The van der Waals surface area contributed by atoms with Gasteiger partial charge in [-0.2, -0.15) is 0 Å². The van der Waals surface area contributed by atoms with Crippen LogP contribution in [-0.4, -0.2) is 37.0 Å². The summed E-state index contributed by atoms with van der Waals surface area (Å²) in [6.45, 7) is 1.79. The van der Waals surface area contributed by atoms with Crippen LogP contribution in [0.1, 0.15) is 38.5 Å². The summed E-state index contributed by atoms with van der Waals surface area (Å²) >= 11 is 0. The highest BCUT2D eigenvalue weighted by molar-refractivity contribution is 5.76. The quantitative estimate of drug-likeness (QED) is 0.563. The standard InChI is InChI=1S/C13H22N2O/c1-3-4-5-6-9-13(16)15-10-7-8-12(11-15)14-2/h1,12,14H,4-11H2,2H3. The number of carbonyl (C=O) groups excluding carboxylic acids is 1. The molecule has 1 amide bonds. The number of amides is 1. The Morgan fingerprint density at radius 2 is 2.38 bits per heavy atom. The van der Waals surface area contributed by atoms with E-state index >= 15 is 0 Å². The molecule has 16 heavy (non-hydrogen) atoms. The van der Waals surface area contributed by atoms with Crippen molar-refractivity contribution >= 4 is 5.91 Å². The minimum Gasteiger partial charge on any atom is -0.341 e. The molecule has 1 fully saturated rings. The topological polar surface area (TPSA) is 32.3 Å². The molecule has 0 radical (unpaired) electrons. The highest BCUT2D eigenvalue weighted by Crippen LogP contribution is 2.12. The first-order chi connectivity index (χ1) is 7.77. The third-order valence-electron chi connectivity index (χ3n) is 3.14. The molecule has 1 N–H and O–H groups in total. The van der Waals surface area contributed by atoms with Crippen LogP contribution in [0.3, 0.4) is 0 Å². The second-order valence-electron chi connectivity index (χ2n) is 4.38. The molecular formula is C13H22N2O. The van der Waals surface area contributed by atoms with E-state index in [-0.39, 0.29) is 5.91 Å². The molecule has 1 heterocycles. The van der Waals surface area contributed by atoms with Crippen molar-refractivity contribution in [1.29, 1.82) is 0 Å². The summed E-state index contributed by atoms with van der Waals surface area (Å²) in [4.78, 5) is 13.9. The van der Waals surface area contributed by atoms with E-state index in [9.17, 15) is 4.79 Å². The van der Waals surface area contributed by atoms with Crippen molar-refractivity contribution in [3.8, 4) is 12.3 Å². The normalized spacial score (nSPS) is 20.5. The molecular weight excluding hydrogens is 200 g/mol. The minimum absolute atomic E-state index is 0.289. The molecule has 1 atom stereocenters. The maximum atomic E-state index is 11.9. The Kier molecular flexibility index (Phi) is 5.95. The van der Waals surface area contributed by atoms with Gasteiger partial charge < -0.3 is 10.2 Å². The number of rotatable bonds is 5. The average Bonchev–Trinajstić information content (AvgIpc) is 2.34. The number of hydrogen-bond acceptors (Lipinski definition) is 2. The van der Waals surface area contributed by atoms with Crippen molar-refractivity contribution in [3.63, 3.8) is 0 Å². The van der Waals surface area contributed by atoms with Gasteiger partial charge in [-0.15, -0.1) is 12.3 Å². The van der Waals surface area contributed by atoms with Crippen molar-refractivity contribution in [3.05, 3.63) is 0 Å². The van der Waals surface area contributed by atoms with E-state index in [1.165, 1.54) is 6.42 Å². The summed E-state index contributed by atoms with van der Waals surface area (Å²) in [5.41, 5.74) is 0. The van der Waals surface area contributed by atoms with Crippen LogP contribution in [0.2, 0.25) is 0 Å². The van der Waals surface area contributed by atoms with E-state index in [1.807, 2.05) is 11.9 Å². The SMILES string of the molecule is C#CCCCCC(=O)N1CCCC(NC)C1. The highest BCUT2D eigenvalue weighted by Gasteiger charge is 2.21. The predicted molar refractivity (Wildman–Crippen MR) is 66.0 cm³/mol. The molecule has 3 nitrogen and oxygen atoms in total. The molecule has 90 valence electrons. The van der Waals surface area contributed by atoms with Crippen molar-refractivity contribution in [2.24, 2.45) is 0 Å². The van der Waals surface area contributed by atoms with Crippen molar-refractivity contribution in [2.75, 3.05) is 20.1 Å². The molecule has 0 aromatic rings. The zero-order valence-corrected chi connectivity index (χ0v) is 10.2. The number of carbonyl (C=O) groups is 1. The second kappa shape index (κ2) is 7.29. The van der Waals surface area contributed by atoms with Gasteiger partial charge in [0.15, 0.2) is 0 Å². The van der Waals surface area contributed by atoms with Crippen LogP contribution in [-0.2, 0) is 4.79 Å². The summed E-state index contributed by atoms with van der Waals surface area (Å²) < 4.78 is 0. The molecule has 0 aromatic carbocycles. The van der Waals surface area contributed by atoms with Gasteiger partial charge in [0.2, 0.25) is 5.91 Å². The summed E-state index contributed by atoms with van der Waals surface area (Å²) in [5, 5.41) is 3.24. The minimum atomic E-state index is 0.289. The summed E-state index contributed by atoms with van der Waals surface area (Å²) in [7, 11) is 1.96. The molecule has 0 saturated carbocycles. The van der Waals surface area contributed by atoms with Gasteiger partial charge in [-0.3, -0.25) is 4.79 Å². The van der Waals surface area contributed by atoms with Crippen LogP contribution in [0.15, 0.2) is 0 Å². The van der Waals surface area contributed by atoms with Gasteiger partial charge in [0.25, 0.3) is 0 Å². The molecule has 1 rings (SSSR count). The molecule has 0 bridgehead atoms. The lowest BCUT2D eigenvalue weighted by atomic mass is 10.0. The Morgan fingerprint density at radius 3 is 3.06 bits per heavy atom. The van der Waals surface area contributed by atoms with Crippen molar-refractivity contribution < 1.29 is 4.79 Å². The summed E-state index contributed by atoms with van der Waals surface area (Å²) in [6.07, 6.45) is 10.8. The Balaban J connectivity index is 2.22. The van der Waals surface area contributed by atoms with Crippen LogP contribution in [0.25, 0.3) is 0 Å². The molecule has 0 aromatic heterocycles. The van der Waals surface area contributed by atoms with Crippen LogP contribution < -0.4 is 5.32 Å². The fourth-order valence-electron chi connectivity index (χ4n) is 2.10. The fourth-order valence-corrected chi connectivity index (χ4v) is 2.10. The Morgan fingerprint density at radius 1 is 1.56 bits per heavy atom. The number of hydrogen-bond donors (Lipinski definition) is 1. The number of nitrogens with one attached hydrogen (secondary N) is 1. The van der Waals surface area contributed by atoms with Crippen LogP contribution in [0.4, 0.5) is 0 Å². The summed E-state index contributed by atoms with van der Waals surface area (Å²) in [6, 6.07) is 0.475. The smallest absolute Gasteiger partial charge is 0.222 e. The molecule has 0 aliphatic carbocycles. The monoisotopic (exact) mass is 222 g/mol. The van der Waals surface area contributed by atoms with Crippen LogP contribution in [0, 0.1) is 12.3 Å². The number of terminal acetylenes is 1. The Bertz CT molecular complexity index is 257. The van der Waals surface area contributed by atoms with E-state index in [0.29, 0.717) is 12.5 Å². The number of nitrogens with zero attached hydrogens (tertiary/aromatic N) is 1. The lowest BCUT2D eigenvalue weighted by Gasteiger charge is -2.32. The fraction of sp³-hybridized carbons (Fsp3) is 0.769. The highest BCUT2D eigenvalue weighted by atomic mass is 16.2. The maximum absolute atomic E-state index is 11.9. The van der Waals surface area contributed by atoms with Gasteiger partial charge >= 0.3 is 0 Å². The lowest BCUT2D eigenvalue weighted by Crippen LogP contribution is -2.46. The molecule has 0 spiro atoms. The molecule has 1 aliphatic rings. The third kappa shape index (κ3) is 4.24. The predicted octanol–water partition coefficient (Wildman–Crippen LogP) is 1.39. The van der Waals surface area contributed by atoms with Crippen LogP contribution in [0.5, 0.6) is 0 Å². The maximum Gasteiger partial charge on any atom is 0.222 e. The second-order valence-corrected chi connectivity index (χ2v) is 4.38. The van der Waals surface area contributed by atoms with Gasteiger partial charge in [-0.25, -0.2) is 0 Å². The van der Waals surface area contributed by atoms with Gasteiger partial charge in [0, 0.05) is 32.0 Å². The van der Waals surface area contributed by atoms with Gasteiger partial charge in [0.05, 0.1) is 0 Å².